The fourth-order valence-corrected chi connectivity index (χ4v) is 2.05. The molecular weight excluding hydrogens is 241 g/mol. The zero-order valence-corrected chi connectivity index (χ0v) is 10.0. The van der Waals surface area contributed by atoms with E-state index >= 15 is 0 Å². The van der Waals surface area contributed by atoms with Crippen molar-refractivity contribution in [2.24, 2.45) is 0 Å². The first-order valence-corrected chi connectivity index (χ1v) is 5.87. The van der Waals surface area contributed by atoms with Crippen molar-refractivity contribution in [2.75, 3.05) is 0 Å². The first-order valence-electron chi connectivity index (χ1n) is 5.87. The Labute approximate surface area is 109 Å². The molecule has 0 atom stereocenters. The van der Waals surface area contributed by atoms with E-state index in [-0.39, 0.29) is 5.82 Å². The Bertz CT molecular complexity index is 768. The van der Waals surface area contributed by atoms with Gasteiger partial charge >= 0.3 is 0 Å². The summed E-state index contributed by atoms with van der Waals surface area (Å²) in [6, 6.07) is 13.6. The Morgan fingerprint density at radius 3 is 2.68 bits per heavy atom. The van der Waals surface area contributed by atoms with E-state index in [9.17, 15) is 9.18 Å². The normalized spacial score (nSPS) is 10.6. The SMILES string of the molecule is O=Cc1ccc2ncc(-c3cccc(F)c3)cc2c1. The molecule has 0 aliphatic carbocycles. The Hall–Kier alpha value is -2.55. The van der Waals surface area contributed by atoms with Gasteiger partial charge in [-0.2, -0.15) is 0 Å². The van der Waals surface area contributed by atoms with Crippen LogP contribution in [0.4, 0.5) is 4.39 Å². The molecule has 0 aliphatic heterocycles. The number of fused-ring (bicyclic) bond motifs is 1. The van der Waals surface area contributed by atoms with Crippen LogP contribution >= 0.6 is 0 Å². The third kappa shape index (κ3) is 2.22. The molecule has 92 valence electrons. The summed E-state index contributed by atoms with van der Waals surface area (Å²) in [6.45, 7) is 0. The van der Waals surface area contributed by atoms with Gasteiger partial charge in [0.15, 0.2) is 0 Å². The zero-order valence-electron chi connectivity index (χ0n) is 10.0. The van der Waals surface area contributed by atoms with Crippen LogP contribution in [0.25, 0.3) is 22.0 Å². The highest BCUT2D eigenvalue weighted by atomic mass is 19.1. The van der Waals surface area contributed by atoms with Gasteiger partial charge in [-0.15, -0.1) is 0 Å². The number of aromatic nitrogens is 1. The molecule has 3 aromatic rings. The molecule has 0 spiro atoms. The number of aldehydes is 1. The molecule has 0 radical (unpaired) electrons. The number of carbonyl (C=O) groups is 1. The highest BCUT2D eigenvalue weighted by molar-refractivity contribution is 5.89. The van der Waals surface area contributed by atoms with Crippen molar-refractivity contribution in [3.05, 3.63) is 66.1 Å². The van der Waals surface area contributed by atoms with Crippen molar-refractivity contribution in [3.63, 3.8) is 0 Å². The standard InChI is InChI=1S/C16H10FNO/c17-15-3-1-2-12(8-15)14-7-13-6-11(10-19)4-5-16(13)18-9-14/h1-10H. The summed E-state index contributed by atoms with van der Waals surface area (Å²) < 4.78 is 13.2. The number of carbonyl (C=O) groups excluding carboxylic acids is 1. The van der Waals surface area contributed by atoms with Gasteiger partial charge in [-0.1, -0.05) is 12.1 Å². The average molecular weight is 251 g/mol. The zero-order chi connectivity index (χ0) is 13.2. The molecule has 0 N–H and O–H groups in total. The van der Waals surface area contributed by atoms with Gasteiger partial charge in [0, 0.05) is 22.7 Å². The fourth-order valence-electron chi connectivity index (χ4n) is 2.05. The van der Waals surface area contributed by atoms with Gasteiger partial charge in [0.05, 0.1) is 5.52 Å². The van der Waals surface area contributed by atoms with Crippen molar-refractivity contribution in [1.82, 2.24) is 4.98 Å². The first-order chi connectivity index (χ1) is 9.26. The lowest BCUT2D eigenvalue weighted by Crippen LogP contribution is -1.86. The Kier molecular flexibility index (Phi) is 2.80. The Morgan fingerprint density at radius 1 is 1.00 bits per heavy atom. The summed E-state index contributed by atoms with van der Waals surface area (Å²) in [6.07, 6.45) is 2.51. The summed E-state index contributed by atoms with van der Waals surface area (Å²) in [5, 5.41) is 0.867. The number of rotatable bonds is 2. The number of hydrogen-bond donors (Lipinski definition) is 0. The second-order valence-electron chi connectivity index (χ2n) is 4.30. The summed E-state index contributed by atoms with van der Waals surface area (Å²) >= 11 is 0. The molecule has 3 rings (SSSR count). The molecule has 2 aromatic carbocycles. The van der Waals surface area contributed by atoms with Gasteiger partial charge in [-0.05, 0) is 42.0 Å². The highest BCUT2D eigenvalue weighted by Gasteiger charge is 2.03. The van der Waals surface area contributed by atoms with Crippen LogP contribution in [0.3, 0.4) is 0 Å². The maximum absolute atomic E-state index is 13.2. The summed E-state index contributed by atoms with van der Waals surface area (Å²) in [5.74, 6) is -0.278. The molecule has 3 heteroatoms. The quantitative estimate of drug-likeness (QED) is 0.647. The lowest BCUT2D eigenvalue weighted by atomic mass is 10.0. The minimum atomic E-state index is -0.278. The van der Waals surface area contributed by atoms with E-state index in [1.807, 2.05) is 12.1 Å². The van der Waals surface area contributed by atoms with Crippen LogP contribution in [0.1, 0.15) is 10.4 Å². The molecule has 0 unspecified atom stereocenters. The molecule has 0 aliphatic rings. The molecule has 19 heavy (non-hydrogen) atoms. The smallest absolute Gasteiger partial charge is 0.150 e. The van der Waals surface area contributed by atoms with Crippen molar-refractivity contribution < 1.29 is 9.18 Å². The second kappa shape index (κ2) is 4.61. The average Bonchev–Trinajstić information content (AvgIpc) is 2.46. The van der Waals surface area contributed by atoms with Crippen molar-refractivity contribution in [3.8, 4) is 11.1 Å². The van der Waals surface area contributed by atoms with Crippen LogP contribution < -0.4 is 0 Å². The van der Waals surface area contributed by atoms with Crippen molar-refractivity contribution in [1.29, 1.82) is 0 Å². The van der Waals surface area contributed by atoms with Gasteiger partial charge in [0.2, 0.25) is 0 Å². The summed E-state index contributed by atoms with van der Waals surface area (Å²) in [7, 11) is 0. The van der Waals surface area contributed by atoms with Crippen LogP contribution in [0.5, 0.6) is 0 Å². The lowest BCUT2D eigenvalue weighted by molar-refractivity contribution is 0.112. The highest BCUT2D eigenvalue weighted by Crippen LogP contribution is 2.23. The number of benzene rings is 2. The van der Waals surface area contributed by atoms with E-state index < -0.39 is 0 Å². The maximum Gasteiger partial charge on any atom is 0.150 e. The number of hydrogen-bond acceptors (Lipinski definition) is 2. The Balaban J connectivity index is 2.17. The van der Waals surface area contributed by atoms with Crippen molar-refractivity contribution in [2.45, 2.75) is 0 Å². The second-order valence-corrected chi connectivity index (χ2v) is 4.30. The van der Waals surface area contributed by atoms with Crippen LogP contribution in [-0.2, 0) is 0 Å². The largest absolute Gasteiger partial charge is 0.298 e. The molecule has 0 saturated carbocycles. The first kappa shape index (κ1) is 11.5. The third-order valence-corrected chi connectivity index (χ3v) is 3.00. The van der Waals surface area contributed by atoms with Gasteiger partial charge in [0.1, 0.15) is 12.1 Å². The molecule has 0 saturated heterocycles. The predicted octanol–water partition coefficient (Wildman–Crippen LogP) is 3.85. The Morgan fingerprint density at radius 2 is 1.89 bits per heavy atom. The minimum absolute atomic E-state index is 0.278. The molecule has 0 amide bonds. The molecular formula is C16H10FNO. The third-order valence-electron chi connectivity index (χ3n) is 3.00. The van der Waals surface area contributed by atoms with Crippen LogP contribution in [0.2, 0.25) is 0 Å². The van der Waals surface area contributed by atoms with Crippen LogP contribution in [-0.4, -0.2) is 11.3 Å². The van der Waals surface area contributed by atoms with Gasteiger partial charge in [-0.3, -0.25) is 9.78 Å². The van der Waals surface area contributed by atoms with E-state index in [1.54, 1.807) is 30.5 Å². The summed E-state index contributed by atoms with van der Waals surface area (Å²) in [5.41, 5.74) is 3.01. The van der Waals surface area contributed by atoms with E-state index in [0.717, 1.165) is 28.3 Å². The monoisotopic (exact) mass is 251 g/mol. The van der Waals surface area contributed by atoms with Crippen molar-refractivity contribution >= 4 is 17.2 Å². The molecule has 1 heterocycles. The molecule has 0 fully saturated rings. The predicted molar refractivity (Wildman–Crippen MR) is 72.5 cm³/mol. The van der Waals surface area contributed by atoms with Gasteiger partial charge < -0.3 is 0 Å². The molecule has 2 nitrogen and oxygen atoms in total. The maximum atomic E-state index is 13.2. The molecule has 1 aromatic heterocycles. The number of pyridine rings is 1. The van der Waals surface area contributed by atoms with Crippen LogP contribution in [0, 0.1) is 5.82 Å². The van der Waals surface area contributed by atoms with Crippen LogP contribution in [0.15, 0.2) is 54.7 Å². The van der Waals surface area contributed by atoms with E-state index in [2.05, 4.69) is 4.98 Å². The minimum Gasteiger partial charge on any atom is -0.298 e. The summed E-state index contributed by atoms with van der Waals surface area (Å²) in [4.78, 5) is 15.1. The fraction of sp³-hybridized carbons (Fsp3) is 0. The number of nitrogens with zero attached hydrogens (tertiary/aromatic N) is 1. The van der Waals surface area contributed by atoms with Gasteiger partial charge in [-0.25, -0.2) is 4.39 Å². The van der Waals surface area contributed by atoms with E-state index in [1.165, 1.54) is 12.1 Å². The van der Waals surface area contributed by atoms with E-state index in [4.69, 9.17) is 0 Å². The molecule has 0 bridgehead atoms. The van der Waals surface area contributed by atoms with E-state index in [0.29, 0.717) is 5.56 Å². The van der Waals surface area contributed by atoms with Gasteiger partial charge in [0.25, 0.3) is 0 Å². The number of halogens is 1. The lowest BCUT2D eigenvalue weighted by Gasteiger charge is -2.04. The topological polar surface area (TPSA) is 30.0 Å².